The summed E-state index contributed by atoms with van der Waals surface area (Å²) >= 11 is 0. The number of benzene rings is 2. The summed E-state index contributed by atoms with van der Waals surface area (Å²) in [4.78, 5) is 20.2. The van der Waals surface area contributed by atoms with E-state index in [-0.39, 0.29) is 19.2 Å². The van der Waals surface area contributed by atoms with Gasteiger partial charge in [0.1, 0.15) is 5.82 Å². The third kappa shape index (κ3) is 4.75. The molecule has 1 saturated heterocycles. The third-order valence-corrected chi connectivity index (χ3v) is 4.93. The number of nitrogens with one attached hydrogen (secondary N) is 1. The predicted molar refractivity (Wildman–Crippen MR) is 116 cm³/mol. The van der Waals surface area contributed by atoms with Crippen molar-refractivity contribution in [2.24, 2.45) is 4.99 Å². The van der Waals surface area contributed by atoms with Gasteiger partial charge in [-0.1, -0.05) is 0 Å². The van der Waals surface area contributed by atoms with Crippen LogP contribution in [0.15, 0.2) is 47.5 Å². The van der Waals surface area contributed by atoms with E-state index in [4.69, 9.17) is 14.2 Å². The number of aliphatic imine (C=N–C) groups is 1. The Morgan fingerprint density at radius 1 is 1.00 bits per heavy atom. The van der Waals surface area contributed by atoms with Crippen LogP contribution in [0.2, 0.25) is 0 Å². The summed E-state index contributed by atoms with van der Waals surface area (Å²) in [6.07, 6.45) is 1.74. The smallest absolute Gasteiger partial charge is 0.232 e. The number of morpholine rings is 1. The lowest BCUT2D eigenvalue weighted by Crippen LogP contribution is -2.37. The van der Waals surface area contributed by atoms with Crippen molar-refractivity contribution in [1.29, 1.82) is 0 Å². The lowest BCUT2D eigenvalue weighted by molar-refractivity contribution is 0.122. The van der Waals surface area contributed by atoms with Gasteiger partial charge in [-0.3, -0.25) is 4.99 Å². The summed E-state index contributed by atoms with van der Waals surface area (Å²) in [5, 5.41) is 3.12. The van der Waals surface area contributed by atoms with Gasteiger partial charge in [0, 0.05) is 25.0 Å². The molecule has 3 aromatic rings. The van der Waals surface area contributed by atoms with Crippen LogP contribution < -0.4 is 19.7 Å². The molecule has 1 N–H and O–H groups in total. The Morgan fingerprint density at radius 3 is 2.66 bits per heavy atom. The molecule has 3 heterocycles. The molecule has 0 bridgehead atoms. The first kappa shape index (κ1) is 20.1. The van der Waals surface area contributed by atoms with Crippen LogP contribution in [0.5, 0.6) is 11.5 Å². The minimum absolute atomic E-state index is 0.231. The van der Waals surface area contributed by atoms with Crippen LogP contribution in [0, 0.1) is 5.82 Å². The van der Waals surface area contributed by atoms with Crippen molar-refractivity contribution in [3.05, 3.63) is 59.7 Å². The predicted octanol–water partition coefficient (Wildman–Crippen LogP) is 2.94. The molecule has 0 radical (unpaired) electrons. The van der Waals surface area contributed by atoms with Crippen molar-refractivity contribution in [2.75, 3.05) is 43.3 Å². The number of aromatic nitrogens is 3. The second-order valence-electron chi connectivity index (χ2n) is 7.19. The van der Waals surface area contributed by atoms with Crippen LogP contribution >= 0.6 is 0 Å². The minimum Gasteiger partial charge on any atom is -0.454 e. The lowest BCUT2D eigenvalue weighted by Gasteiger charge is -2.27. The van der Waals surface area contributed by atoms with Crippen molar-refractivity contribution in [3.8, 4) is 11.5 Å². The van der Waals surface area contributed by atoms with Crippen LogP contribution in [-0.4, -0.2) is 54.3 Å². The normalized spacial score (nSPS) is 15.3. The molecule has 5 rings (SSSR count). The van der Waals surface area contributed by atoms with Crippen molar-refractivity contribution in [3.63, 3.8) is 0 Å². The molecule has 0 spiro atoms. The van der Waals surface area contributed by atoms with E-state index in [2.05, 4.69) is 25.3 Å². The summed E-state index contributed by atoms with van der Waals surface area (Å²) in [6.45, 7) is 3.12. The second kappa shape index (κ2) is 9.15. The molecule has 0 atom stereocenters. The summed E-state index contributed by atoms with van der Waals surface area (Å²) in [6, 6.07) is 11.7. The van der Waals surface area contributed by atoms with E-state index in [0.717, 1.165) is 11.3 Å². The molecule has 10 heteroatoms. The van der Waals surface area contributed by atoms with Gasteiger partial charge in [-0.15, -0.1) is 0 Å². The molecule has 9 nitrogen and oxygen atoms in total. The van der Waals surface area contributed by atoms with Crippen molar-refractivity contribution >= 4 is 23.8 Å². The van der Waals surface area contributed by atoms with Gasteiger partial charge in [-0.25, -0.2) is 4.39 Å². The van der Waals surface area contributed by atoms with E-state index in [1.807, 2.05) is 23.1 Å². The van der Waals surface area contributed by atoms with Gasteiger partial charge in [-0.05, 0) is 48.0 Å². The minimum atomic E-state index is -0.307. The van der Waals surface area contributed by atoms with E-state index in [0.29, 0.717) is 55.5 Å². The average Bonchev–Trinajstić information content (AvgIpc) is 3.29. The van der Waals surface area contributed by atoms with Crippen LogP contribution in [0.25, 0.3) is 0 Å². The molecular weight excluding hydrogens is 415 g/mol. The topological polar surface area (TPSA) is 94.0 Å². The van der Waals surface area contributed by atoms with Gasteiger partial charge in [-0.2, -0.15) is 15.0 Å². The molecule has 2 aliphatic rings. The molecular formula is C22H21FN6O3. The zero-order valence-electron chi connectivity index (χ0n) is 17.2. The Bertz CT molecular complexity index is 1120. The molecule has 0 aliphatic carbocycles. The zero-order valence-corrected chi connectivity index (χ0v) is 17.2. The lowest BCUT2D eigenvalue weighted by atomic mass is 10.2. The highest BCUT2D eigenvalue weighted by Crippen LogP contribution is 2.32. The first-order chi connectivity index (χ1) is 15.7. The van der Waals surface area contributed by atoms with Gasteiger partial charge >= 0.3 is 0 Å². The van der Waals surface area contributed by atoms with Crippen molar-refractivity contribution in [1.82, 2.24) is 15.0 Å². The number of halogens is 1. The van der Waals surface area contributed by atoms with Gasteiger partial charge in [0.2, 0.25) is 18.7 Å². The average molecular weight is 436 g/mol. The molecule has 32 heavy (non-hydrogen) atoms. The monoisotopic (exact) mass is 436 g/mol. The summed E-state index contributed by atoms with van der Waals surface area (Å²) in [7, 11) is 0. The molecule has 164 valence electrons. The summed E-state index contributed by atoms with van der Waals surface area (Å²) in [5.74, 6) is 2.57. The summed E-state index contributed by atoms with van der Waals surface area (Å²) < 4.78 is 29.4. The van der Waals surface area contributed by atoms with Crippen LogP contribution in [0.3, 0.4) is 0 Å². The van der Waals surface area contributed by atoms with Crippen LogP contribution in [0.4, 0.5) is 22.0 Å². The number of nitrogens with zero attached hydrogens (tertiary/aromatic N) is 5. The second-order valence-corrected chi connectivity index (χ2v) is 7.19. The molecule has 0 saturated carbocycles. The Labute approximate surface area is 183 Å². The fraction of sp³-hybridized carbons (Fsp3) is 0.273. The Hall–Kier alpha value is -3.79. The van der Waals surface area contributed by atoms with Gasteiger partial charge in [0.05, 0.1) is 19.8 Å². The van der Waals surface area contributed by atoms with E-state index in [9.17, 15) is 4.39 Å². The van der Waals surface area contributed by atoms with Gasteiger partial charge in [0.15, 0.2) is 17.3 Å². The highest BCUT2D eigenvalue weighted by atomic mass is 19.1. The first-order valence-corrected chi connectivity index (χ1v) is 10.2. The number of hydrogen-bond acceptors (Lipinski definition) is 9. The number of rotatable bonds is 6. The van der Waals surface area contributed by atoms with Gasteiger partial charge in [0.25, 0.3) is 0 Å². The molecule has 2 aromatic carbocycles. The fourth-order valence-electron chi connectivity index (χ4n) is 3.33. The fourth-order valence-corrected chi connectivity index (χ4v) is 3.33. The number of ether oxygens (including phenoxy) is 3. The molecule has 1 aromatic heterocycles. The maximum atomic E-state index is 13.2. The Balaban J connectivity index is 1.36. The quantitative estimate of drug-likeness (QED) is 0.590. The van der Waals surface area contributed by atoms with E-state index in [1.54, 1.807) is 18.3 Å². The standard InChI is InChI=1S/C22H21FN6O3/c23-16-2-4-17(5-3-16)25-21-26-20(27-22(28-21)29-7-9-30-10-8-29)13-24-12-15-1-6-18-19(11-15)32-14-31-18/h1-6,11-12H,7-10,13-14H2,(H,25,26,27,28). The van der Waals surface area contributed by atoms with Crippen molar-refractivity contribution in [2.45, 2.75) is 6.54 Å². The Kier molecular flexibility index (Phi) is 5.75. The van der Waals surface area contributed by atoms with E-state index >= 15 is 0 Å². The molecule has 0 unspecified atom stereocenters. The number of fused-ring (bicyclic) bond motifs is 1. The van der Waals surface area contributed by atoms with Crippen LogP contribution in [0.1, 0.15) is 11.4 Å². The zero-order chi connectivity index (χ0) is 21.8. The van der Waals surface area contributed by atoms with Crippen LogP contribution in [-0.2, 0) is 11.3 Å². The number of hydrogen-bond donors (Lipinski definition) is 1. The molecule has 1 fully saturated rings. The van der Waals surface area contributed by atoms with Gasteiger partial charge < -0.3 is 24.4 Å². The largest absolute Gasteiger partial charge is 0.454 e. The Morgan fingerprint density at radius 2 is 1.81 bits per heavy atom. The highest BCUT2D eigenvalue weighted by molar-refractivity contribution is 5.81. The van der Waals surface area contributed by atoms with Crippen molar-refractivity contribution < 1.29 is 18.6 Å². The molecule has 2 aliphatic heterocycles. The maximum Gasteiger partial charge on any atom is 0.232 e. The molecule has 0 amide bonds. The number of anilines is 3. The van der Waals surface area contributed by atoms with E-state index < -0.39 is 0 Å². The SMILES string of the molecule is Fc1ccc(Nc2nc(CN=Cc3ccc4c(c3)OCO4)nc(N3CCOCC3)n2)cc1. The highest BCUT2D eigenvalue weighted by Gasteiger charge is 2.17. The maximum absolute atomic E-state index is 13.2. The summed E-state index contributed by atoms with van der Waals surface area (Å²) in [5.41, 5.74) is 1.57. The first-order valence-electron chi connectivity index (χ1n) is 10.2. The third-order valence-electron chi connectivity index (χ3n) is 4.93. The van der Waals surface area contributed by atoms with E-state index in [1.165, 1.54) is 12.1 Å².